The van der Waals surface area contributed by atoms with Crippen LogP contribution in [0.3, 0.4) is 0 Å². The molecule has 3 aromatic carbocycles. The predicted octanol–water partition coefficient (Wildman–Crippen LogP) is 4.49. The largest absolute Gasteiger partial charge is 0.366 e. The van der Waals surface area contributed by atoms with Crippen LogP contribution in [0.1, 0.15) is 32.0 Å². The van der Waals surface area contributed by atoms with Gasteiger partial charge in [-0.3, -0.25) is 9.59 Å². The van der Waals surface area contributed by atoms with E-state index in [4.69, 9.17) is 5.73 Å². The molecule has 4 aromatic rings. The van der Waals surface area contributed by atoms with Gasteiger partial charge in [-0.15, -0.1) is 0 Å². The van der Waals surface area contributed by atoms with Crippen LogP contribution in [0.2, 0.25) is 0 Å². The van der Waals surface area contributed by atoms with Gasteiger partial charge in [0.15, 0.2) is 0 Å². The van der Waals surface area contributed by atoms with E-state index in [9.17, 15) is 14.0 Å². The zero-order valence-electron chi connectivity index (χ0n) is 16.4. The van der Waals surface area contributed by atoms with Gasteiger partial charge in [-0.2, -0.15) is 0 Å². The summed E-state index contributed by atoms with van der Waals surface area (Å²) in [7, 11) is 0. The summed E-state index contributed by atoms with van der Waals surface area (Å²) in [6.07, 6.45) is 0. The maximum atomic E-state index is 14.3. The maximum Gasteiger partial charge on any atom is 0.272 e. The fraction of sp³-hybridized carbons (Fsp3) is 0.0833. The zero-order chi connectivity index (χ0) is 21.3. The standard InChI is InChI=1S/C24H20FN3O2/c1-15-10-18(23(26)29)12-19(11-15)27-24(30)22-13-16-6-3-5-9-21(16)28(22)14-17-7-2-4-8-20(17)25/h2-13H,14H2,1H3,(H2,26,29)(H,27,30). The maximum absolute atomic E-state index is 14.3. The van der Waals surface area contributed by atoms with E-state index in [0.717, 1.165) is 16.5 Å². The van der Waals surface area contributed by atoms with E-state index in [1.54, 1.807) is 41.0 Å². The van der Waals surface area contributed by atoms with Crippen LogP contribution in [0, 0.1) is 12.7 Å². The number of anilines is 1. The van der Waals surface area contributed by atoms with Gasteiger partial charge in [-0.25, -0.2) is 4.39 Å². The molecule has 3 N–H and O–H groups in total. The fourth-order valence-electron chi connectivity index (χ4n) is 3.56. The first kappa shape index (κ1) is 19.4. The number of carbonyl (C=O) groups excluding carboxylic acids is 2. The van der Waals surface area contributed by atoms with Crippen LogP contribution in [0.5, 0.6) is 0 Å². The van der Waals surface area contributed by atoms with Crippen LogP contribution in [0.15, 0.2) is 72.8 Å². The van der Waals surface area contributed by atoms with Gasteiger partial charge in [0.05, 0.1) is 6.54 Å². The smallest absolute Gasteiger partial charge is 0.272 e. The number of nitrogens with two attached hydrogens (primary N) is 1. The van der Waals surface area contributed by atoms with Crippen LogP contribution < -0.4 is 11.1 Å². The van der Waals surface area contributed by atoms with E-state index in [2.05, 4.69) is 5.32 Å². The number of amides is 2. The first-order valence-electron chi connectivity index (χ1n) is 9.47. The topological polar surface area (TPSA) is 77.1 Å². The molecule has 0 radical (unpaired) electrons. The minimum atomic E-state index is -0.567. The molecule has 1 aromatic heterocycles. The lowest BCUT2D eigenvalue weighted by atomic mass is 10.1. The first-order chi connectivity index (χ1) is 14.4. The Kier molecular flexibility index (Phi) is 5.06. The molecule has 0 saturated heterocycles. The molecule has 0 unspecified atom stereocenters. The molecular formula is C24H20FN3O2. The van der Waals surface area contributed by atoms with Crippen LogP contribution >= 0.6 is 0 Å². The SMILES string of the molecule is Cc1cc(NC(=O)c2cc3ccccc3n2Cc2ccccc2F)cc(C(N)=O)c1. The van der Waals surface area contributed by atoms with Crippen molar-refractivity contribution in [3.8, 4) is 0 Å². The van der Waals surface area contributed by atoms with Gasteiger partial charge in [-0.1, -0.05) is 36.4 Å². The Hall–Kier alpha value is -3.93. The molecule has 1 heterocycles. The molecular weight excluding hydrogens is 381 g/mol. The van der Waals surface area contributed by atoms with E-state index in [0.29, 0.717) is 22.5 Å². The molecule has 150 valence electrons. The number of aromatic nitrogens is 1. The van der Waals surface area contributed by atoms with Gasteiger partial charge in [0.25, 0.3) is 5.91 Å². The van der Waals surface area contributed by atoms with Crippen molar-refractivity contribution < 1.29 is 14.0 Å². The third-order valence-corrected chi connectivity index (χ3v) is 4.95. The molecule has 0 aliphatic heterocycles. The molecule has 0 bridgehead atoms. The van der Waals surface area contributed by atoms with Crippen LogP contribution in [-0.4, -0.2) is 16.4 Å². The highest BCUT2D eigenvalue weighted by molar-refractivity contribution is 6.07. The van der Waals surface area contributed by atoms with Crippen molar-refractivity contribution >= 4 is 28.4 Å². The fourth-order valence-corrected chi connectivity index (χ4v) is 3.56. The van der Waals surface area contributed by atoms with Gasteiger partial charge >= 0.3 is 0 Å². The van der Waals surface area contributed by atoms with Crippen molar-refractivity contribution in [2.75, 3.05) is 5.32 Å². The molecule has 2 amide bonds. The van der Waals surface area contributed by atoms with Crippen molar-refractivity contribution in [3.05, 3.63) is 101 Å². The van der Waals surface area contributed by atoms with Crippen molar-refractivity contribution in [2.45, 2.75) is 13.5 Å². The third kappa shape index (κ3) is 3.80. The Morgan fingerprint density at radius 2 is 1.73 bits per heavy atom. The number of rotatable bonds is 5. The normalized spacial score (nSPS) is 10.9. The summed E-state index contributed by atoms with van der Waals surface area (Å²) in [6.45, 7) is 2.03. The summed E-state index contributed by atoms with van der Waals surface area (Å²) < 4.78 is 16.1. The van der Waals surface area contributed by atoms with E-state index in [-0.39, 0.29) is 18.3 Å². The van der Waals surface area contributed by atoms with Gasteiger partial charge in [0, 0.05) is 27.7 Å². The lowest BCUT2D eigenvalue weighted by Gasteiger charge is -2.13. The van der Waals surface area contributed by atoms with Crippen LogP contribution in [0.4, 0.5) is 10.1 Å². The number of nitrogens with zero attached hydrogens (tertiary/aromatic N) is 1. The molecule has 0 spiro atoms. The molecule has 5 nitrogen and oxygen atoms in total. The second kappa shape index (κ2) is 7.83. The Balaban J connectivity index is 1.74. The number of benzene rings is 3. The second-order valence-corrected chi connectivity index (χ2v) is 7.17. The zero-order valence-corrected chi connectivity index (χ0v) is 16.4. The number of carbonyl (C=O) groups is 2. The van der Waals surface area contributed by atoms with E-state index >= 15 is 0 Å². The average Bonchev–Trinajstić information content (AvgIpc) is 3.08. The van der Waals surface area contributed by atoms with Gasteiger partial charge in [-0.05, 0) is 48.9 Å². The van der Waals surface area contributed by atoms with E-state index in [1.807, 2.05) is 31.2 Å². The molecule has 30 heavy (non-hydrogen) atoms. The lowest BCUT2D eigenvalue weighted by Crippen LogP contribution is -2.18. The number of halogens is 1. The minimum absolute atomic E-state index is 0.212. The molecule has 6 heteroatoms. The highest BCUT2D eigenvalue weighted by Crippen LogP contribution is 2.24. The molecule has 0 aliphatic rings. The molecule has 0 saturated carbocycles. The number of nitrogens with one attached hydrogen (secondary N) is 1. The number of primary amides is 1. The minimum Gasteiger partial charge on any atom is -0.366 e. The average molecular weight is 401 g/mol. The quantitative estimate of drug-likeness (QED) is 0.517. The summed E-state index contributed by atoms with van der Waals surface area (Å²) in [5.74, 6) is -1.25. The van der Waals surface area contributed by atoms with Crippen LogP contribution in [0.25, 0.3) is 10.9 Å². The lowest BCUT2D eigenvalue weighted by molar-refractivity contribution is 0.0994. The molecule has 0 aliphatic carbocycles. The predicted molar refractivity (Wildman–Crippen MR) is 115 cm³/mol. The molecule has 0 fully saturated rings. The Morgan fingerprint density at radius 1 is 1.00 bits per heavy atom. The van der Waals surface area contributed by atoms with Gasteiger partial charge < -0.3 is 15.6 Å². The first-order valence-corrected chi connectivity index (χ1v) is 9.47. The van der Waals surface area contributed by atoms with Gasteiger partial charge in [0.2, 0.25) is 5.91 Å². The monoisotopic (exact) mass is 401 g/mol. The molecule has 0 atom stereocenters. The third-order valence-electron chi connectivity index (χ3n) is 4.95. The van der Waals surface area contributed by atoms with Gasteiger partial charge in [0.1, 0.15) is 11.5 Å². The summed E-state index contributed by atoms with van der Waals surface area (Å²) in [6, 6.07) is 20.8. The molecule has 4 rings (SSSR count). The van der Waals surface area contributed by atoms with E-state index in [1.165, 1.54) is 12.1 Å². The van der Waals surface area contributed by atoms with Crippen molar-refractivity contribution in [1.29, 1.82) is 0 Å². The Morgan fingerprint density at radius 3 is 2.50 bits per heavy atom. The number of hydrogen-bond donors (Lipinski definition) is 2. The summed E-state index contributed by atoms with van der Waals surface area (Å²) in [5, 5.41) is 3.71. The van der Waals surface area contributed by atoms with Crippen molar-refractivity contribution in [2.24, 2.45) is 5.73 Å². The van der Waals surface area contributed by atoms with E-state index < -0.39 is 5.91 Å². The van der Waals surface area contributed by atoms with Crippen molar-refractivity contribution in [1.82, 2.24) is 4.57 Å². The van der Waals surface area contributed by atoms with Crippen molar-refractivity contribution in [3.63, 3.8) is 0 Å². The number of fused-ring (bicyclic) bond motifs is 1. The number of para-hydroxylation sites is 1. The Labute approximate surface area is 172 Å². The van der Waals surface area contributed by atoms with Crippen LogP contribution in [-0.2, 0) is 6.54 Å². The Bertz CT molecular complexity index is 1280. The summed E-state index contributed by atoms with van der Waals surface area (Å²) >= 11 is 0. The highest BCUT2D eigenvalue weighted by Gasteiger charge is 2.17. The summed E-state index contributed by atoms with van der Waals surface area (Å²) in [4.78, 5) is 24.7. The second-order valence-electron chi connectivity index (χ2n) is 7.17. The number of hydrogen-bond acceptors (Lipinski definition) is 2. The number of aryl methyl sites for hydroxylation is 1. The highest BCUT2D eigenvalue weighted by atomic mass is 19.1. The summed E-state index contributed by atoms with van der Waals surface area (Å²) in [5.41, 5.74) is 8.67.